The van der Waals surface area contributed by atoms with Crippen molar-refractivity contribution in [2.45, 2.75) is 13.5 Å². The molecule has 2 aromatic carbocycles. The van der Waals surface area contributed by atoms with Crippen LogP contribution in [0.5, 0.6) is 0 Å². The van der Waals surface area contributed by atoms with E-state index in [-0.39, 0.29) is 0 Å². The largest absolute Gasteiger partial charge is 0.381 e. The second kappa shape index (κ2) is 5.34. The van der Waals surface area contributed by atoms with Gasteiger partial charge in [0.15, 0.2) is 0 Å². The molecular weight excluding hydrogens is 309 g/mol. The van der Waals surface area contributed by atoms with Crippen molar-refractivity contribution in [1.29, 1.82) is 0 Å². The van der Waals surface area contributed by atoms with E-state index in [1.165, 1.54) is 20.4 Å². The SMILES string of the molecule is Cc1ccccc1CNc1ccc(I)cc1. The minimum atomic E-state index is 0.882. The van der Waals surface area contributed by atoms with Gasteiger partial charge in [0.1, 0.15) is 0 Å². The van der Waals surface area contributed by atoms with E-state index in [0.717, 1.165) is 6.54 Å². The molecule has 0 aliphatic rings. The lowest BCUT2D eigenvalue weighted by molar-refractivity contribution is 1.12. The molecular formula is C14H14IN. The number of nitrogens with one attached hydrogen (secondary N) is 1. The van der Waals surface area contributed by atoms with E-state index < -0.39 is 0 Å². The number of benzene rings is 2. The first-order valence-electron chi connectivity index (χ1n) is 5.29. The summed E-state index contributed by atoms with van der Waals surface area (Å²) in [6.45, 7) is 3.03. The fourth-order valence-electron chi connectivity index (χ4n) is 1.57. The fourth-order valence-corrected chi connectivity index (χ4v) is 1.93. The summed E-state index contributed by atoms with van der Waals surface area (Å²) in [5.74, 6) is 0. The highest BCUT2D eigenvalue weighted by Gasteiger charge is 1.96. The monoisotopic (exact) mass is 323 g/mol. The van der Waals surface area contributed by atoms with Gasteiger partial charge in [-0.25, -0.2) is 0 Å². The average Bonchev–Trinajstić information content (AvgIpc) is 2.30. The summed E-state index contributed by atoms with van der Waals surface area (Å²) >= 11 is 2.31. The normalized spacial score (nSPS) is 10.1. The summed E-state index contributed by atoms with van der Waals surface area (Å²) in [5, 5.41) is 3.43. The molecule has 0 saturated carbocycles. The third kappa shape index (κ3) is 2.98. The standard InChI is InChI=1S/C14H14IN/c1-11-4-2-3-5-12(11)10-16-14-8-6-13(15)7-9-14/h2-9,16H,10H2,1H3. The molecule has 2 rings (SSSR count). The Labute approximate surface area is 110 Å². The van der Waals surface area contributed by atoms with Gasteiger partial charge in [0.25, 0.3) is 0 Å². The van der Waals surface area contributed by atoms with Gasteiger partial charge >= 0.3 is 0 Å². The molecule has 1 nitrogen and oxygen atoms in total. The van der Waals surface area contributed by atoms with Crippen LogP contribution in [0.2, 0.25) is 0 Å². The Bertz CT molecular complexity index is 462. The van der Waals surface area contributed by atoms with Crippen molar-refractivity contribution >= 4 is 28.3 Å². The maximum Gasteiger partial charge on any atom is 0.0403 e. The van der Waals surface area contributed by atoms with E-state index in [1.54, 1.807) is 0 Å². The van der Waals surface area contributed by atoms with Gasteiger partial charge in [-0.05, 0) is 64.9 Å². The summed E-state index contributed by atoms with van der Waals surface area (Å²) in [7, 11) is 0. The molecule has 0 fully saturated rings. The Kier molecular flexibility index (Phi) is 3.83. The Morgan fingerprint density at radius 1 is 1.00 bits per heavy atom. The number of hydrogen-bond donors (Lipinski definition) is 1. The van der Waals surface area contributed by atoms with Crippen molar-refractivity contribution in [3.05, 3.63) is 63.2 Å². The molecule has 0 spiro atoms. The minimum absolute atomic E-state index is 0.882. The Morgan fingerprint density at radius 3 is 2.38 bits per heavy atom. The molecule has 0 amide bonds. The maximum absolute atomic E-state index is 3.43. The molecule has 82 valence electrons. The van der Waals surface area contributed by atoms with E-state index >= 15 is 0 Å². The van der Waals surface area contributed by atoms with Crippen molar-refractivity contribution in [3.63, 3.8) is 0 Å². The van der Waals surface area contributed by atoms with Crippen LogP contribution in [0.25, 0.3) is 0 Å². The molecule has 2 aromatic rings. The van der Waals surface area contributed by atoms with Gasteiger partial charge in [-0.2, -0.15) is 0 Å². The summed E-state index contributed by atoms with van der Waals surface area (Å²) in [5.41, 5.74) is 3.85. The van der Waals surface area contributed by atoms with E-state index in [0.29, 0.717) is 0 Å². The second-order valence-electron chi connectivity index (χ2n) is 3.79. The maximum atomic E-state index is 3.43. The van der Waals surface area contributed by atoms with Crippen LogP contribution < -0.4 is 5.32 Å². The first-order valence-corrected chi connectivity index (χ1v) is 6.37. The third-order valence-corrected chi connectivity index (χ3v) is 3.31. The van der Waals surface area contributed by atoms with Crippen molar-refractivity contribution in [3.8, 4) is 0 Å². The number of halogens is 1. The first kappa shape index (κ1) is 11.5. The second-order valence-corrected chi connectivity index (χ2v) is 5.03. The van der Waals surface area contributed by atoms with Crippen LogP contribution in [-0.4, -0.2) is 0 Å². The third-order valence-electron chi connectivity index (χ3n) is 2.59. The van der Waals surface area contributed by atoms with Crippen LogP contribution >= 0.6 is 22.6 Å². The molecule has 0 saturated heterocycles. The molecule has 0 bridgehead atoms. The Balaban J connectivity index is 2.02. The predicted molar refractivity (Wildman–Crippen MR) is 77.7 cm³/mol. The Hall–Kier alpha value is -1.03. The zero-order chi connectivity index (χ0) is 11.4. The first-order chi connectivity index (χ1) is 7.75. The summed E-state index contributed by atoms with van der Waals surface area (Å²) in [6.07, 6.45) is 0. The quantitative estimate of drug-likeness (QED) is 0.834. The van der Waals surface area contributed by atoms with Gasteiger partial charge in [-0.3, -0.25) is 0 Å². The summed E-state index contributed by atoms with van der Waals surface area (Å²) < 4.78 is 1.26. The molecule has 0 atom stereocenters. The van der Waals surface area contributed by atoms with Crippen LogP contribution in [0.4, 0.5) is 5.69 Å². The van der Waals surface area contributed by atoms with Gasteiger partial charge in [0.05, 0.1) is 0 Å². The number of anilines is 1. The van der Waals surface area contributed by atoms with Gasteiger partial charge in [0, 0.05) is 15.8 Å². The molecule has 1 N–H and O–H groups in total. The smallest absolute Gasteiger partial charge is 0.0403 e. The fraction of sp³-hybridized carbons (Fsp3) is 0.143. The van der Waals surface area contributed by atoms with E-state index in [1.807, 2.05) is 0 Å². The highest BCUT2D eigenvalue weighted by Crippen LogP contribution is 2.13. The van der Waals surface area contributed by atoms with E-state index in [2.05, 4.69) is 83.4 Å². The van der Waals surface area contributed by atoms with Crippen molar-refractivity contribution in [2.75, 3.05) is 5.32 Å². The molecule has 16 heavy (non-hydrogen) atoms. The van der Waals surface area contributed by atoms with Crippen LogP contribution in [0.3, 0.4) is 0 Å². The zero-order valence-electron chi connectivity index (χ0n) is 9.20. The van der Waals surface area contributed by atoms with Crippen LogP contribution in [0, 0.1) is 10.5 Å². The summed E-state index contributed by atoms with van der Waals surface area (Å²) in [6, 6.07) is 16.9. The minimum Gasteiger partial charge on any atom is -0.381 e. The van der Waals surface area contributed by atoms with Crippen LogP contribution in [0.15, 0.2) is 48.5 Å². The Morgan fingerprint density at radius 2 is 1.69 bits per heavy atom. The van der Waals surface area contributed by atoms with Gasteiger partial charge in [0.2, 0.25) is 0 Å². The molecule has 0 aromatic heterocycles. The van der Waals surface area contributed by atoms with E-state index in [4.69, 9.17) is 0 Å². The molecule has 0 aliphatic carbocycles. The summed E-state index contributed by atoms with van der Waals surface area (Å²) in [4.78, 5) is 0. The molecule has 0 heterocycles. The topological polar surface area (TPSA) is 12.0 Å². The molecule has 2 heteroatoms. The highest BCUT2D eigenvalue weighted by molar-refractivity contribution is 14.1. The molecule has 0 aliphatic heterocycles. The lowest BCUT2D eigenvalue weighted by Gasteiger charge is -2.08. The zero-order valence-corrected chi connectivity index (χ0v) is 11.4. The molecule has 0 radical (unpaired) electrons. The highest BCUT2D eigenvalue weighted by atomic mass is 127. The number of hydrogen-bond acceptors (Lipinski definition) is 1. The van der Waals surface area contributed by atoms with Crippen LogP contribution in [-0.2, 0) is 6.54 Å². The van der Waals surface area contributed by atoms with Gasteiger partial charge < -0.3 is 5.32 Å². The predicted octanol–water partition coefficient (Wildman–Crippen LogP) is 4.21. The number of rotatable bonds is 3. The average molecular weight is 323 g/mol. The van der Waals surface area contributed by atoms with E-state index in [9.17, 15) is 0 Å². The lowest BCUT2D eigenvalue weighted by atomic mass is 10.1. The van der Waals surface area contributed by atoms with Gasteiger partial charge in [-0.15, -0.1) is 0 Å². The van der Waals surface area contributed by atoms with Crippen molar-refractivity contribution in [1.82, 2.24) is 0 Å². The van der Waals surface area contributed by atoms with Crippen molar-refractivity contribution in [2.24, 2.45) is 0 Å². The lowest BCUT2D eigenvalue weighted by Crippen LogP contribution is -2.00. The van der Waals surface area contributed by atoms with Crippen molar-refractivity contribution < 1.29 is 0 Å². The van der Waals surface area contributed by atoms with Crippen LogP contribution in [0.1, 0.15) is 11.1 Å². The number of aryl methyl sites for hydroxylation is 1. The molecule has 0 unspecified atom stereocenters. The van der Waals surface area contributed by atoms with Gasteiger partial charge in [-0.1, -0.05) is 24.3 Å².